The van der Waals surface area contributed by atoms with Crippen molar-refractivity contribution >= 4 is 22.9 Å². The zero-order valence-electron chi connectivity index (χ0n) is 15.8. The van der Waals surface area contributed by atoms with Crippen LogP contribution in [0.1, 0.15) is 37.6 Å². The van der Waals surface area contributed by atoms with Crippen molar-refractivity contribution in [2.75, 3.05) is 19.6 Å². The summed E-state index contributed by atoms with van der Waals surface area (Å²) in [5.74, 6) is 0.117. The minimum atomic E-state index is -0.913. The van der Waals surface area contributed by atoms with Gasteiger partial charge in [-0.1, -0.05) is 20.8 Å². The average Bonchev–Trinajstić information content (AvgIpc) is 3.25. The lowest BCUT2D eigenvalue weighted by Gasteiger charge is -2.52. The van der Waals surface area contributed by atoms with Crippen LogP contribution in [-0.2, 0) is 0 Å². The number of nitrogens with one attached hydrogen (secondary N) is 2. The number of nitrogens with zero attached hydrogens (tertiary/aromatic N) is 3. The Kier molecular flexibility index (Phi) is 3.99. The maximum Gasteiger partial charge on any atom is 0.407 e. The van der Waals surface area contributed by atoms with Crippen molar-refractivity contribution in [3.05, 3.63) is 23.8 Å². The third-order valence-corrected chi connectivity index (χ3v) is 6.31. The molecular formula is C19H25N5O3. The van der Waals surface area contributed by atoms with E-state index >= 15 is 0 Å². The first-order valence-electron chi connectivity index (χ1n) is 9.32. The van der Waals surface area contributed by atoms with Gasteiger partial charge in [-0.2, -0.15) is 15.4 Å². The number of carboxylic acid groups (broad SMARTS) is 1. The van der Waals surface area contributed by atoms with Crippen molar-refractivity contribution in [2.24, 2.45) is 17.3 Å². The van der Waals surface area contributed by atoms with Crippen molar-refractivity contribution in [2.45, 2.75) is 32.7 Å². The number of Topliss-reactive ketones (excluding diaryl/α,β-unsaturated/α-hetero) is 1. The largest absolute Gasteiger partial charge is 0.465 e. The van der Waals surface area contributed by atoms with Crippen LogP contribution in [0.3, 0.4) is 0 Å². The molecule has 3 N–H and O–H groups in total. The molecule has 3 atom stereocenters. The van der Waals surface area contributed by atoms with Crippen LogP contribution in [0.5, 0.6) is 0 Å². The number of hydrogen-bond donors (Lipinski definition) is 3. The Hall–Kier alpha value is -2.48. The number of carbonyl (C=O) groups excluding carboxylic acids is 1. The molecule has 144 valence electrons. The summed E-state index contributed by atoms with van der Waals surface area (Å²) in [5.41, 5.74) is 0.714. The van der Waals surface area contributed by atoms with Gasteiger partial charge in [0.25, 0.3) is 0 Å². The monoisotopic (exact) mass is 371 g/mol. The molecule has 2 aliphatic heterocycles. The van der Waals surface area contributed by atoms with Gasteiger partial charge in [0.05, 0.1) is 5.54 Å². The predicted octanol–water partition coefficient (Wildman–Crippen LogP) is 2.14. The van der Waals surface area contributed by atoms with E-state index in [0.29, 0.717) is 36.2 Å². The van der Waals surface area contributed by atoms with Crippen LogP contribution >= 0.6 is 0 Å². The van der Waals surface area contributed by atoms with Gasteiger partial charge in [-0.15, -0.1) is 0 Å². The van der Waals surface area contributed by atoms with Crippen molar-refractivity contribution in [1.82, 2.24) is 25.6 Å². The second-order valence-corrected chi connectivity index (χ2v) is 8.68. The highest BCUT2D eigenvalue weighted by Crippen LogP contribution is 2.48. The number of benzene rings is 1. The van der Waals surface area contributed by atoms with E-state index in [1.165, 1.54) is 4.90 Å². The van der Waals surface area contributed by atoms with E-state index in [1.807, 2.05) is 0 Å². The zero-order chi connectivity index (χ0) is 19.4. The topological polar surface area (TPSA) is 111 Å². The maximum absolute atomic E-state index is 13.9. The Labute approximate surface area is 157 Å². The van der Waals surface area contributed by atoms with E-state index < -0.39 is 11.6 Å². The van der Waals surface area contributed by atoms with E-state index in [2.05, 4.69) is 41.5 Å². The summed E-state index contributed by atoms with van der Waals surface area (Å²) >= 11 is 0. The molecule has 0 spiro atoms. The van der Waals surface area contributed by atoms with Crippen molar-refractivity contribution in [1.29, 1.82) is 0 Å². The fourth-order valence-electron chi connectivity index (χ4n) is 5.02. The Morgan fingerprint density at radius 2 is 1.96 bits per heavy atom. The average molecular weight is 371 g/mol. The van der Waals surface area contributed by atoms with Gasteiger partial charge in [0.1, 0.15) is 11.0 Å². The molecule has 0 bridgehead atoms. The lowest BCUT2D eigenvalue weighted by Crippen LogP contribution is -2.69. The number of ketones is 1. The third-order valence-electron chi connectivity index (χ3n) is 6.31. The first kappa shape index (κ1) is 17.9. The quantitative estimate of drug-likeness (QED) is 0.698. The van der Waals surface area contributed by atoms with Crippen LogP contribution in [0.25, 0.3) is 11.0 Å². The van der Waals surface area contributed by atoms with E-state index in [0.717, 1.165) is 6.42 Å². The molecule has 2 aromatic rings. The summed E-state index contributed by atoms with van der Waals surface area (Å²) in [7, 11) is 0. The number of amides is 1. The predicted molar refractivity (Wildman–Crippen MR) is 99.6 cm³/mol. The standard InChI is InChI=1S/C19H25N5O3/c1-18(2,3)19(13-10-24(17(26)27)9-12(13)6-7-20-19)16(25)11-4-5-14-15(8-11)22-23-21-14/h4-5,8,12-13,20H,6-7,9-10H2,1-3H3,(H,26,27)(H,21,22,23)/t12-,13-,19?/m1/s1. The van der Waals surface area contributed by atoms with Gasteiger partial charge in [-0.05, 0) is 42.5 Å². The molecule has 2 saturated heterocycles. The number of rotatable bonds is 2. The van der Waals surface area contributed by atoms with Crippen molar-refractivity contribution < 1.29 is 14.7 Å². The van der Waals surface area contributed by atoms with Gasteiger partial charge in [-0.25, -0.2) is 4.79 Å². The summed E-state index contributed by atoms with van der Waals surface area (Å²) in [6.07, 6.45) is -0.0364. The summed E-state index contributed by atoms with van der Waals surface area (Å²) in [6.45, 7) is 7.73. The smallest absolute Gasteiger partial charge is 0.407 e. The van der Waals surface area contributed by atoms with Gasteiger partial charge in [-0.3, -0.25) is 4.79 Å². The molecule has 0 radical (unpaired) electrons. The molecular weight excluding hydrogens is 346 g/mol. The first-order chi connectivity index (χ1) is 12.7. The van der Waals surface area contributed by atoms with E-state index in [9.17, 15) is 14.7 Å². The number of aromatic nitrogens is 3. The van der Waals surface area contributed by atoms with E-state index in [-0.39, 0.29) is 23.0 Å². The number of H-pyrrole nitrogens is 1. The molecule has 2 aliphatic rings. The molecule has 4 rings (SSSR count). The number of piperidine rings is 1. The first-order valence-corrected chi connectivity index (χ1v) is 9.32. The Morgan fingerprint density at radius 3 is 2.67 bits per heavy atom. The van der Waals surface area contributed by atoms with Gasteiger partial charge in [0.2, 0.25) is 0 Å². The van der Waals surface area contributed by atoms with Gasteiger partial charge >= 0.3 is 6.09 Å². The number of carbonyl (C=O) groups is 2. The Morgan fingerprint density at radius 1 is 1.22 bits per heavy atom. The van der Waals surface area contributed by atoms with Crippen LogP contribution in [-0.4, -0.2) is 62.5 Å². The molecule has 1 aromatic heterocycles. The summed E-state index contributed by atoms with van der Waals surface area (Å²) in [4.78, 5) is 26.9. The molecule has 2 fully saturated rings. The van der Waals surface area contributed by atoms with Crippen LogP contribution in [0.4, 0.5) is 4.79 Å². The summed E-state index contributed by atoms with van der Waals surface area (Å²) in [5, 5.41) is 23.7. The van der Waals surface area contributed by atoms with Crippen LogP contribution in [0.15, 0.2) is 18.2 Å². The Bertz CT molecular complexity index is 902. The highest BCUT2D eigenvalue weighted by molar-refractivity contribution is 6.06. The van der Waals surface area contributed by atoms with Crippen molar-refractivity contribution in [3.63, 3.8) is 0 Å². The highest BCUT2D eigenvalue weighted by atomic mass is 16.4. The fourth-order valence-corrected chi connectivity index (χ4v) is 5.02. The SMILES string of the molecule is CC(C)(C)C1(C(=O)c2ccc3n[nH]nc3c2)NCC[C@@H]2CN(C(=O)O)C[C@H]21. The summed E-state index contributed by atoms with van der Waals surface area (Å²) in [6, 6.07) is 5.35. The lowest BCUT2D eigenvalue weighted by molar-refractivity contribution is 0.0239. The second kappa shape index (κ2) is 6.02. The minimum Gasteiger partial charge on any atom is -0.465 e. The second-order valence-electron chi connectivity index (χ2n) is 8.68. The number of aromatic amines is 1. The minimum absolute atomic E-state index is 0.00170. The zero-order valence-corrected chi connectivity index (χ0v) is 15.8. The van der Waals surface area contributed by atoms with E-state index in [4.69, 9.17) is 0 Å². The maximum atomic E-state index is 13.9. The molecule has 8 nitrogen and oxygen atoms in total. The summed E-state index contributed by atoms with van der Waals surface area (Å²) < 4.78 is 0. The molecule has 3 heterocycles. The fraction of sp³-hybridized carbons (Fsp3) is 0.579. The highest BCUT2D eigenvalue weighted by Gasteiger charge is 2.60. The van der Waals surface area contributed by atoms with Crippen molar-refractivity contribution in [3.8, 4) is 0 Å². The van der Waals surface area contributed by atoms with Crippen LogP contribution in [0.2, 0.25) is 0 Å². The number of likely N-dealkylation sites (tertiary alicyclic amines) is 1. The van der Waals surface area contributed by atoms with Gasteiger partial charge in [0.15, 0.2) is 5.78 Å². The molecule has 0 aliphatic carbocycles. The van der Waals surface area contributed by atoms with Gasteiger partial charge in [0, 0.05) is 24.6 Å². The molecule has 1 aromatic carbocycles. The molecule has 1 amide bonds. The molecule has 1 unspecified atom stereocenters. The Balaban J connectivity index is 1.80. The normalized spacial score (nSPS) is 28.3. The van der Waals surface area contributed by atoms with Crippen LogP contribution < -0.4 is 5.32 Å². The number of hydrogen-bond acceptors (Lipinski definition) is 5. The van der Waals surface area contributed by atoms with E-state index in [1.54, 1.807) is 18.2 Å². The molecule has 8 heteroatoms. The lowest BCUT2D eigenvalue weighted by atomic mass is 9.58. The third kappa shape index (κ3) is 2.62. The molecule has 0 saturated carbocycles. The van der Waals surface area contributed by atoms with Gasteiger partial charge < -0.3 is 15.3 Å². The molecule has 27 heavy (non-hydrogen) atoms. The number of fused-ring (bicyclic) bond motifs is 2. The van der Waals surface area contributed by atoms with Crippen LogP contribution in [0, 0.1) is 17.3 Å².